The highest BCUT2D eigenvalue weighted by Crippen LogP contribution is 2.31. The standard InChI is InChI=1S/C41H53N5OS2/c47-39-20-18-33(19-21-39)25-38-30-46(41(49)45(38)27-34-15-8-3-9-16-34)37(24-32-13-6-2-7-14-32)28-43-22-10-17-35(43)29-44-36(26-42-40(44)48)23-31-11-4-1-5-12-31/h1-2,4-7,11-14,18-21,34-38,47H,3,8-10,15-17,22-30H2,(H,42,48)/t35?,36-,37-,38-/m0/s1. The van der Waals surface area contributed by atoms with Gasteiger partial charge in [-0.15, -0.1) is 0 Å². The van der Waals surface area contributed by atoms with Crippen molar-refractivity contribution < 1.29 is 5.11 Å². The molecule has 1 unspecified atom stereocenters. The second-order valence-electron chi connectivity index (χ2n) is 14.9. The van der Waals surface area contributed by atoms with Crippen LogP contribution in [-0.2, 0) is 19.3 Å². The van der Waals surface area contributed by atoms with E-state index in [0.717, 1.165) is 68.8 Å². The van der Waals surface area contributed by atoms with E-state index in [0.29, 0.717) is 29.8 Å². The van der Waals surface area contributed by atoms with Crippen molar-refractivity contribution in [3.63, 3.8) is 0 Å². The van der Waals surface area contributed by atoms with Gasteiger partial charge < -0.3 is 25.1 Å². The lowest BCUT2D eigenvalue weighted by Gasteiger charge is -2.37. The highest BCUT2D eigenvalue weighted by Gasteiger charge is 2.41. The fourth-order valence-electron chi connectivity index (χ4n) is 8.87. The summed E-state index contributed by atoms with van der Waals surface area (Å²) in [7, 11) is 0. The number of nitrogens with one attached hydrogen (secondary N) is 1. The number of phenolic OH excluding ortho intramolecular Hbond substituents is 1. The van der Waals surface area contributed by atoms with E-state index >= 15 is 0 Å². The maximum atomic E-state index is 9.97. The van der Waals surface area contributed by atoms with Gasteiger partial charge in [0.1, 0.15) is 5.75 Å². The van der Waals surface area contributed by atoms with Gasteiger partial charge in [-0.1, -0.05) is 92.1 Å². The van der Waals surface area contributed by atoms with Gasteiger partial charge in [0.05, 0.1) is 12.1 Å². The lowest BCUT2D eigenvalue weighted by Crippen LogP contribution is -2.51. The Kier molecular flexibility index (Phi) is 11.3. The Balaban J connectivity index is 1.10. The Hall–Kier alpha value is -3.20. The van der Waals surface area contributed by atoms with Gasteiger partial charge in [-0.05, 0) is 111 Å². The molecule has 6 nitrogen and oxygen atoms in total. The monoisotopic (exact) mass is 695 g/mol. The third-order valence-electron chi connectivity index (χ3n) is 11.5. The van der Waals surface area contributed by atoms with Gasteiger partial charge in [-0.25, -0.2) is 0 Å². The van der Waals surface area contributed by atoms with E-state index in [1.54, 1.807) is 0 Å². The fourth-order valence-corrected chi connectivity index (χ4v) is 9.62. The second-order valence-corrected chi connectivity index (χ2v) is 15.7. The predicted molar refractivity (Wildman–Crippen MR) is 208 cm³/mol. The van der Waals surface area contributed by atoms with Gasteiger partial charge in [0, 0.05) is 44.8 Å². The van der Waals surface area contributed by atoms with Crippen molar-refractivity contribution in [2.24, 2.45) is 5.92 Å². The lowest BCUT2D eigenvalue weighted by molar-refractivity contribution is 0.159. The predicted octanol–water partition coefficient (Wildman–Crippen LogP) is 6.66. The van der Waals surface area contributed by atoms with Crippen LogP contribution in [0.3, 0.4) is 0 Å². The van der Waals surface area contributed by atoms with Crippen LogP contribution in [0.25, 0.3) is 0 Å². The van der Waals surface area contributed by atoms with Crippen LogP contribution in [0.1, 0.15) is 61.6 Å². The molecule has 2 N–H and O–H groups in total. The van der Waals surface area contributed by atoms with Gasteiger partial charge in [0.25, 0.3) is 0 Å². The summed E-state index contributed by atoms with van der Waals surface area (Å²) in [6, 6.07) is 31.2. The first kappa shape index (κ1) is 34.3. The van der Waals surface area contributed by atoms with Crippen molar-refractivity contribution >= 4 is 34.7 Å². The zero-order chi connectivity index (χ0) is 33.6. The summed E-state index contributed by atoms with van der Waals surface area (Å²) >= 11 is 12.4. The third-order valence-corrected chi connectivity index (χ3v) is 12.4. The number of nitrogens with zero attached hydrogens (tertiary/aromatic N) is 4. The van der Waals surface area contributed by atoms with E-state index < -0.39 is 0 Å². The molecule has 4 fully saturated rings. The number of likely N-dealkylation sites (tertiary alicyclic amines) is 1. The molecule has 0 spiro atoms. The molecule has 8 heteroatoms. The van der Waals surface area contributed by atoms with E-state index in [9.17, 15) is 5.11 Å². The average molecular weight is 696 g/mol. The van der Waals surface area contributed by atoms with Crippen LogP contribution < -0.4 is 5.32 Å². The van der Waals surface area contributed by atoms with E-state index in [-0.39, 0.29) is 6.04 Å². The SMILES string of the molecule is Oc1ccc(C[C@H]2CN([C@@H](Cc3ccccc3)CN3CCCC3CN3C(=S)NC[C@@H]3Cc3ccccc3)C(=S)N2CC2CCCCC2)cc1. The molecule has 1 aliphatic carbocycles. The van der Waals surface area contributed by atoms with Crippen LogP contribution in [0.5, 0.6) is 5.75 Å². The molecular formula is C41H53N5OS2. The topological polar surface area (TPSA) is 45.2 Å². The first-order chi connectivity index (χ1) is 24.0. The maximum Gasteiger partial charge on any atom is 0.172 e. The van der Waals surface area contributed by atoms with Crippen molar-refractivity contribution in [1.29, 1.82) is 0 Å². The quantitative estimate of drug-likeness (QED) is 0.193. The first-order valence-electron chi connectivity index (χ1n) is 18.7. The normalized spacial score (nSPS) is 24.2. The molecule has 4 atom stereocenters. The highest BCUT2D eigenvalue weighted by molar-refractivity contribution is 7.80. The lowest BCUT2D eigenvalue weighted by atomic mass is 9.88. The molecule has 3 heterocycles. The van der Waals surface area contributed by atoms with E-state index in [1.807, 2.05) is 12.1 Å². The van der Waals surface area contributed by atoms with Crippen molar-refractivity contribution in [3.05, 3.63) is 102 Å². The van der Waals surface area contributed by atoms with Crippen molar-refractivity contribution in [2.75, 3.05) is 39.3 Å². The van der Waals surface area contributed by atoms with Gasteiger partial charge in [0.15, 0.2) is 10.2 Å². The fraction of sp³-hybridized carbons (Fsp3) is 0.512. The number of rotatable bonds is 13. The molecule has 3 aromatic rings. The van der Waals surface area contributed by atoms with Crippen LogP contribution in [0.4, 0.5) is 0 Å². The summed E-state index contributed by atoms with van der Waals surface area (Å²) in [6.07, 6.45) is 12.0. The Labute approximate surface area is 304 Å². The van der Waals surface area contributed by atoms with Crippen molar-refractivity contribution in [3.8, 4) is 5.75 Å². The van der Waals surface area contributed by atoms with E-state index in [1.165, 1.54) is 61.6 Å². The minimum Gasteiger partial charge on any atom is -0.508 e. The Morgan fingerprint density at radius 2 is 1.37 bits per heavy atom. The zero-order valence-corrected chi connectivity index (χ0v) is 30.5. The minimum atomic E-state index is 0.290. The van der Waals surface area contributed by atoms with Gasteiger partial charge >= 0.3 is 0 Å². The molecule has 49 heavy (non-hydrogen) atoms. The smallest absolute Gasteiger partial charge is 0.172 e. The number of benzene rings is 3. The van der Waals surface area contributed by atoms with Crippen LogP contribution in [0.15, 0.2) is 84.9 Å². The molecule has 1 saturated carbocycles. The summed E-state index contributed by atoms with van der Waals surface area (Å²) in [5.74, 6) is 1.04. The van der Waals surface area contributed by atoms with Crippen molar-refractivity contribution in [2.45, 2.75) is 88.4 Å². The molecule has 0 aromatic heterocycles. The van der Waals surface area contributed by atoms with Crippen LogP contribution >= 0.6 is 24.4 Å². The molecule has 3 saturated heterocycles. The van der Waals surface area contributed by atoms with Gasteiger partial charge in [-0.2, -0.15) is 0 Å². The first-order valence-corrected chi connectivity index (χ1v) is 19.5. The molecule has 260 valence electrons. The maximum absolute atomic E-state index is 9.97. The Morgan fingerprint density at radius 1 is 0.694 bits per heavy atom. The number of phenols is 1. The second kappa shape index (κ2) is 16.2. The van der Waals surface area contributed by atoms with Crippen LogP contribution in [-0.4, -0.2) is 98.4 Å². The molecule has 0 radical (unpaired) electrons. The third kappa shape index (κ3) is 8.58. The zero-order valence-electron chi connectivity index (χ0n) is 28.8. The van der Waals surface area contributed by atoms with E-state index in [2.05, 4.69) is 97.7 Å². The summed E-state index contributed by atoms with van der Waals surface area (Å²) in [4.78, 5) is 10.4. The number of thiocarbonyl (C=S) groups is 2. The number of hydrogen-bond donors (Lipinski definition) is 2. The average Bonchev–Trinajstić information content (AvgIpc) is 3.80. The van der Waals surface area contributed by atoms with Crippen molar-refractivity contribution in [1.82, 2.24) is 24.9 Å². The Bertz CT molecular complexity index is 1520. The minimum absolute atomic E-state index is 0.290. The molecule has 3 aromatic carbocycles. The molecule has 0 bridgehead atoms. The Morgan fingerprint density at radius 3 is 2.10 bits per heavy atom. The van der Waals surface area contributed by atoms with Crippen LogP contribution in [0.2, 0.25) is 0 Å². The molecule has 3 aliphatic heterocycles. The molecule has 4 aliphatic rings. The van der Waals surface area contributed by atoms with E-state index in [4.69, 9.17) is 24.4 Å². The summed E-state index contributed by atoms with van der Waals surface area (Å²) in [5.41, 5.74) is 4.01. The summed E-state index contributed by atoms with van der Waals surface area (Å²) < 4.78 is 0. The number of aromatic hydroxyl groups is 1. The molecular weight excluding hydrogens is 643 g/mol. The number of hydrogen-bond acceptors (Lipinski definition) is 4. The van der Waals surface area contributed by atoms with Gasteiger partial charge in [0.2, 0.25) is 0 Å². The van der Waals surface area contributed by atoms with Crippen LogP contribution in [0, 0.1) is 5.92 Å². The van der Waals surface area contributed by atoms with Gasteiger partial charge in [-0.3, -0.25) is 4.90 Å². The largest absolute Gasteiger partial charge is 0.508 e. The summed E-state index contributed by atoms with van der Waals surface area (Å²) in [5, 5.41) is 15.4. The summed E-state index contributed by atoms with van der Waals surface area (Å²) in [6.45, 7) is 6.02. The molecule has 7 rings (SSSR count). The highest BCUT2D eigenvalue weighted by atomic mass is 32.1. The molecule has 0 amide bonds.